The maximum Gasteiger partial charge on any atom is 0.213 e. The lowest BCUT2D eigenvalue weighted by molar-refractivity contribution is 0.466. The number of rotatable bonds is 8. The summed E-state index contributed by atoms with van der Waals surface area (Å²) in [6.07, 6.45) is 4.09. The molecule has 0 aliphatic heterocycles. The lowest BCUT2D eigenvalue weighted by Gasteiger charge is -2.15. The molecule has 0 spiro atoms. The van der Waals surface area contributed by atoms with Crippen LogP contribution in [0.1, 0.15) is 32.6 Å². The van der Waals surface area contributed by atoms with Gasteiger partial charge in [-0.25, -0.2) is 12.7 Å². The minimum atomic E-state index is -3.01. The summed E-state index contributed by atoms with van der Waals surface area (Å²) in [5, 5.41) is 3.32. The molecule has 15 heavy (non-hydrogen) atoms. The highest BCUT2D eigenvalue weighted by Crippen LogP contribution is 2.18. The first-order valence-corrected chi connectivity index (χ1v) is 7.34. The van der Waals surface area contributed by atoms with Crippen molar-refractivity contribution in [3.63, 3.8) is 0 Å². The summed E-state index contributed by atoms with van der Waals surface area (Å²) in [6, 6.07) is 0.668. The highest BCUT2D eigenvalue weighted by molar-refractivity contribution is 7.89. The van der Waals surface area contributed by atoms with Crippen LogP contribution in [0.3, 0.4) is 0 Å². The van der Waals surface area contributed by atoms with E-state index in [4.69, 9.17) is 0 Å². The molecular weight excluding hydrogens is 212 g/mol. The average molecular weight is 234 g/mol. The Morgan fingerprint density at radius 3 is 2.60 bits per heavy atom. The van der Waals surface area contributed by atoms with Crippen LogP contribution in [-0.4, -0.2) is 44.7 Å². The Labute approximate surface area is 93.1 Å². The smallest absolute Gasteiger partial charge is 0.213 e. The quantitative estimate of drug-likeness (QED) is 0.632. The van der Waals surface area contributed by atoms with E-state index in [2.05, 4.69) is 5.32 Å². The van der Waals surface area contributed by atoms with E-state index >= 15 is 0 Å². The summed E-state index contributed by atoms with van der Waals surface area (Å²) >= 11 is 0. The zero-order valence-electron chi connectivity index (χ0n) is 9.70. The van der Waals surface area contributed by atoms with Crippen molar-refractivity contribution in [2.45, 2.75) is 38.6 Å². The van der Waals surface area contributed by atoms with E-state index < -0.39 is 10.0 Å². The summed E-state index contributed by atoms with van der Waals surface area (Å²) in [5.41, 5.74) is 0. The fraction of sp³-hybridized carbons (Fsp3) is 1.00. The predicted molar refractivity (Wildman–Crippen MR) is 62.3 cm³/mol. The fourth-order valence-electron chi connectivity index (χ4n) is 1.46. The molecule has 90 valence electrons. The molecular formula is C10H22N2O2S. The van der Waals surface area contributed by atoms with Gasteiger partial charge in [-0.05, 0) is 32.2 Å². The molecule has 1 fully saturated rings. The summed E-state index contributed by atoms with van der Waals surface area (Å²) in [4.78, 5) is 0. The second-order valence-corrected chi connectivity index (χ2v) is 6.41. The second kappa shape index (κ2) is 5.82. The van der Waals surface area contributed by atoms with Crippen LogP contribution in [0.15, 0.2) is 0 Å². The molecule has 1 N–H and O–H groups in total. The summed E-state index contributed by atoms with van der Waals surface area (Å²) < 4.78 is 24.8. The lowest BCUT2D eigenvalue weighted by atomic mass is 10.5. The molecule has 5 heteroatoms. The highest BCUT2D eigenvalue weighted by Gasteiger charge is 2.21. The van der Waals surface area contributed by atoms with Gasteiger partial charge in [0.25, 0.3) is 0 Å². The van der Waals surface area contributed by atoms with Crippen LogP contribution in [0.2, 0.25) is 0 Å². The first-order chi connectivity index (χ1) is 7.06. The Balaban J connectivity index is 2.16. The van der Waals surface area contributed by atoms with Gasteiger partial charge >= 0.3 is 0 Å². The van der Waals surface area contributed by atoms with E-state index in [-0.39, 0.29) is 5.75 Å². The van der Waals surface area contributed by atoms with E-state index in [9.17, 15) is 8.42 Å². The minimum Gasteiger partial charge on any atom is -0.314 e. The summed E-state index contributed by atoms with van der Waals surface area (Å²) in [6.45, 7) is 3.43. The molecule has 0 unspecified atom stereocenters. The molecule has 0 bridgehead atoms. The van der Waals surface area contributed by atoms with Gasteiger partial charge in [0.05, 0.1) is 5.75 Å². The van der Waals surface area contributed by atoms with Gasteiger partial charge in [-0.15, -0.1) is 0 Å². The normalized spacial score (nSPS) is 17.3. The Bertz CT molecular complexity index is 273. The standard InChI is InChI=1S/C10H22N2O2S/c1-3-8-12(2)15(13,14)9-4-7-11-10-5-6-10/h10-11H,3-9H2,1-2H3. The monoisotopic (exact) mass is 234 g/mol. The van der Waals surface area contributed by atoms with E-state index in [1.54, 1.807) is 7.05 Å². The lowest BCUT2D eigenvalue weighted by Crippen LogP contribution is -2.31. The molecule has 1 aliphatic rings. The maximum absolute atomic E-state index is 11.7. The fourth-order valence-corrected chi connectivity index (χ4v) is 2.74. The largest absolute Gasteiger partial charge is 0.314 e. The van der Waals surface area contributed by atoms with Crippen molar-refractivity contribution >= 4 is 10.0 Å². The maximum atomic E-state index is 11.7. The van der Waals surface area contributed by atoms with Crippen LogP contribution in [0.4, 0.5) is 0 Å². The van der Waals surface area contributed by atoms with E-state index in [1.807, 2.05) is 6.92 Å². The molecule has 4 nitrogen and oxygen atoms in total. The zero-order chi connectivity index (χ0) is 11.3. The first kappa shape index (κ1) is 12.9. The van der Waals surface area contributed by atoms with Gasteiger partial charge in [0, 0.05) is 19.6 Å². The van der Waals surface area contributed by atoms with Crippen LogP contribution in [-0.2, 0) is 10.0 Å². The van der Waals surface area contributed by atoms with Gasteiger partial charge in [0.2, 0.25) is 10.0 Å². The van der Waals surface area contributed by atoms with Crippen molar-refractivity contribution in [2.75, 3.05) is 25.9 Å². The molecule has 1 saturated carbocycles. The Morgan fingerprint density at radius 2 is 2.07 bits per heavy atom. The molecule has 1 aliphatic carbocycles. The number of nitrogens with zero attached hydrogens (tertiary/aromatic N) is 1. The van der Waals surface area contributed by atoms with Crippen LogP contribution < -0.4 is 5.32 Å². The third-order valence-electron chi connectivity index (χ3n) is 2.60. The summed E-state index contributed by atoms with van der Waals surface area (Å²) in [5.74, 6) is 0.267. The molecule has 1 rings (SSSR count). The summed E-state index contributed by atoms with van der Waals surface area (Å²) in [7, 11) is -1.35. The number of hydrogen-bond donors (Lipinski definition) is 1. The van der Waals surface area contributed by atoms with Gasteiger partial charge in [0.15, 0.2) is 0 Å². The minimum absolute atomic E-state index is 0.267. The van der Waals surface area contributed by atoms with Gasteiger partial charge in [0.1, 0.15) is 0 Å². The molecule has 0 amide bonds. The Hall–Kier alpha value is -0.130. The van der Waals surface area contributed by atoms with Crippen LogP contribution >= 0.6 is 0 Å². The van der Waals surface area contributed by atoms with Crippen molar-refractivity contribution in [2.24, 2.45) is 0 Å². The van der Waals surface area contributed by atoms with Crippen LogP contribution in [0.5, 0.6) is 0 Å². The number of hydrogen-bond acceptors (Lipinski definition) is 3. The van der Waals surface area contributed by atoms with Crippen molar-refractivity contribution in [3.8, 4) is 0 Å². The average Bonchev–Trinajstić information content (AvgIpc) is 2.96. The Kier molecular flexibility index (Phi) is 5.02. The van der Waals surface area contributed by atoms with Crippen LogP contribution in [0.25, 0.3) is 0 Å². The Morgan fingerprint density at radius 1 is 1.40 bits per heavy atom. The number of nitrogens with one attached hydrogen (secondary N) is 1. The number of sulfonamides is 1. The van der Waals surface area contributed by atoms with E-state index in [1.165, 1.54) is 17.1 Å². The second-order valence-electron chi connectivity index (χ2n) is 4.22. The van der Waals surface area contributed by atoms with Crippen molar-refractivity contribution in [3.05, 3.63) is 0 Å². The molecule has 0 aromatic rings. The zero-order valence-corrected chi connectivity index (χ0v) is 10.5. The van der Waals surface area contributed by atoms with Gasteiger partial charge in [-0.2, -0.15) is 0 Å². The van der Waals surface area contributed by atoms with Crippen molar-refractivity contribution in [1.29, 1.82) is 0 Å². The van der Waals surface area contributed by atoms with Gasteiger partial charge in [-0.3, -0.25) is 0 Å². The third-order valence-corrected chi connectivity index (χ3v) is 4.54. The SMILES string of the molecule is CCCN(C)S(=O)(=O)CCCNC1CC1. The molecule has 0 aromatic heterocycles. The van der Waals surface area contributed by atoms with E-state index in [0.29, 0.717) is 19.0 Å². The van der Waals surface area contributed by atoms with Crippen molar-refractivity contribution < 1.29 is 8.42 Å². The third kappa shape index (κ3) is 4.95. The van der Waals surface area contributed by atoms with Crippen LogP contribution in [0, 0.1) is 0 Å². The van der Waals surface area contributed by atoms with Gasteiger partial charge < -0.3 is 5.32 Å². The molecule has 0 aromatic carbocycles. The molecule has 0 atom stereocenters. The molecule has 0 heterocycles. The molecule has 0 saturated heterocycles. The molecule has 0 radical (unpaired) electrons. The predicted octanol–water partition coefficient (Wildman–Crippen LogP) is 0.800. The topological polar surface area (TPSA) is 49.4 Å². The van der Waals surface area contributed by atoms with Gasteiger partial charge in [-0.1, -0.05) is 6.92 Å². The highest BCUT2D eigenvalue weighted by atomic mass is 32.2. The van der Waals surface area contributed by atoms with Crippen molar-refractivity contribution in [1.82, 2.24) is 9.62 Å². The first-order valence-electron chi connectivity index (χ1n) is 5.73. The van der Waals surface area contributed by atoms with E-state index in [0.717, 1.165) is 13.0 Å².